The van der Waals surface area contributed by atoms with Gasteiger partial charge in [0.15, 0.2) is 5.15 Å². The molecule has 1 aliphatic rings. The van der Waals surface area contributed by atoms with Gasteiger partial charge in [-0.3, -0.25) is 4.79 Å². The van der Waals surface area contributed by atoms with Gasteiger partial charge < -0.3 is 14.2 Å². The number of nitrogens with zero attached hydrogens (tertiary/aromatic N) is 6. The van der Waals surface area contributed by atoms with Crippen molar-refractivity contribution in [1.29, 1.82) is 0 Å². The fourth-order valence-electron chi connectivity index (χ4n) is 3.14. The van der Waals surface area contributed by atoms with Crippen LogP contribution in [0.3, 0.4) is 0 Å². The van der Waals surface area contributed by atoms with Crippen molar-refractivity contribution in [3.63, 3.8) is 0 Å². The number of hydrogen-bond acceptors (Lipinski definition) is 8. The van der Waals surface area contributed by atoms with Crippen molar-refractivity contribution in [3.8, 4) is 11.4 Å². The molecule has 3 aromatic rings. The first-order valence-electron chi connectivity index (χ1n) is 9.04. The molecule has 4 rings (SSSR count). The van der Waals surface area contributed by atoms with Gasteiger partial charge in [-0.05, 0) is 26.0 Å². The monoisotopic (exact) mass is 436 g/mol. The van der Waals surface area contributed by atoms with Crippen LogP contribution in [0.4, 0.5) is 5.69 Å². The summed E-state index contributed by atoms with van der Waals surface area (Å²) in [5, 5.41) is 16.6. The first-order valence-corrected chi connectivity index (χ1v) is 9.80. The van der Waals surface area contributed by atoms with Gasteiger partial charge in [0.05, 0.1) is 24.5 Å². The lowest BCUT2D eigenvalue weighted by Gasteiger charge is -2.40. The van der Waals surface area contributed by atoms with E-state index in [-0.39, 0.29) is 22.8 Å². The third kappa shape index (κ3) is 3.85. The Morgan fingerprint density at radius 2 is 2.07 bits per heavy atom. The zero-order chi connectivity index (χ0) is 20.5. The van der Waals surface area contributed by atoms with Crippen molar-refractivity contribution >= 4 is 28.9 Å². The molecule has 29 heavy (non-hydrogen) atoms. The summed E-state index contributed by atoms with van der Waals surface area (Å²) in [7, 11) is 0. The third-order valence-electron chi connectivity index (χ3n) is 4.72. The molecular weight excluding hydrogens is 419 g/mol. The average Bonchev–Trinajstić information content (AvgIpc) is 3.04. The lowest BCUT2D eigenvalue weighted by atomic mass is 10.1. The Morgan fingerprint density at radius 3 is 2.76 bits per heavy atom. The predicted molar refractivity (Wildman–Crippen MR) is 108 cm³/mol. The summed E-state index contributed by atoms with van der Waals surface area (Å²) in [4.78, 5) is 14.8. The first-order chi connectivity index (χ1) is 14.0. The number of halogens is 2. The van der Waals surface area contributed by atoms with Gasteiger partial charge in [-0.15, -0.1) is 10.2 Å². The van der Waals surface area contributed by atoms with Crippen molar-refractivity contribution in [2.45, 2.75) is 26.5 Å². The minimum absolute atomic E-state index is 0.122. The molecule has 152 valence electrons. The van der Waals surface area contributed by atoms with E-state index in [4.69, 9.17) is 32.5 Å². The highest BCUT2D eigenvalue weighted by molar-refractivity contribution is 6.33. The zero-order valence-electron chi connectivity index (χ0n) is 15.8. The van der Waals surface area contributed by atoms with Crippen LogP contribution in [0.1, 0.15) is 18.2 Å². The highest BCUT2D eigenvalue weighted by atomic mass is 35.5. The van der Waals surface area contributed by atoms with E-state index in [2.05, 4.69) is 20.5 Å². The average molecular weight is 437 g/mol. The Bertz CT molecular complexity index is 1080. The Morgan fingerprint density at radius 1 is 1.28 bits per heavy atom. The molecule has 11 heteroatoms. The van der Waals surface area contributed by atoms with Gasteiger partial charge in [0, 0.05) is 25.3 Å². The second-order valence-electron chi connectivity index (χ2n) is 6.60. The zero-order valence-corrected chi connectivity index (χ0v) is 17.3. The number of hydrogen-bond donors (Lipinski definition) is 0. The summed E-state index contributed by atoms with van der Waals surface area (Å²) in [6.07, 6.45) is 1.75. The van der Waals surface area contributed by atoms with Crippen LogP contribution in [0, 0.1) is 6.92 Å². The van der Waals surface area contributed by atoms with Crippen LogP contribution in [0.15, 0.2) is 27.6 Å². The second-order valence-corrected chi connectivity index (χ2v) is 7.36. The number of anilines is 1. The van der Waals surface area contributed by atoms with E-state index in [0.29, 0.717) is 48.1 Å². The van der Waals surface area contributed by atoms with Crippen molar-refractivity contribution in [2.24, 2.45) is 0 Å². The number of aryl methyl sites for hydroxylation is 1. The minimum Gasteiger partial charge on any atom is -0.375 e. The lowest BCUT2D eigenvalue weighted by Crippen LogP contribution is -2.53. The summed E-state index contributed by atoms with van der Waals surface area (Å²) in [5.41, 5.74) is 1.84. The van der Waals surface area contributed by atoms with E-state index in [1.165, 1.54) is 4.68 Å². The minimum atomic E-state index is -0.391. The fourth-order valence-corrected chi connectivity index (χ4v) is 3.50. The molecule has 1 fully saturated rings. The SMILES string of the molecule is CCOC1CN(c2cnn(Cc3c(-c4ccc(Cl)nn4)noc3C)c(=O)c2Cl)C1. The van der Waals surface area contributed by atoms with Gasteiger partial charge in [0.1, 0.15) is 22.2 Å². The van der Waals surface area contributed by atoms with Crippen LogP contribution in [0.25, 0.3) is 11.4 Å². The maximum absolute atomic E-state index is 12.8. The highest BCUT2D eigenvalue weighted by Crippen LogP contribution is 2.28. The maximum Gasteiger partial charge on any atom is 0.287 e. The molecule has 1 aliphatic heterocycles. The van der Waals surface area contributed by atoms with Crippen LogP contribution in [0.5, 0.6) is 0 Å². The summed E-state index contributed by atoms with van der Waals surface area (Å²) in [5.74, 6) is 0.549. The van der Waals surface area contributed by atoms with Gasteiger partial charge >= 0.3 is 0 Å². The van der Waals surface area contributed by atoms with E-state index >= 15 is 0 Å². The molecule has 0 amide bonds. The van der Waals surface area contributed by atoms with E-state index in [1.807, 2.05) is 11.8 Å². The van der Waals surface area contributed by atoms with E-state index in [0.717, 1.165) is 0 Å². The van der Waals surface area contributed by atoms with Crippen LogP contribution >= 0.6 is 23.2 Å². The number of ether oxygens (including phenoxy) is 1. The molecular formula is C18H18Cl2N6O3. The standard InChI is InChI=1S/C18H18Cl2N6O3/c1-3-28-11-7-25(8-11)14-6-21-26(18(27)16(14)20)9-12-10(2)29-24-17(12)13-4-5-15(19)23-22-13/h4-6,11H,3,7-9H2,1-2H3. The Kier molecular flexibility index (Phi) is 5.53. The quantitative estimate of drug-likeness (QED) is 0.580. The normalized spacial score (nSPS) is 14.3. The van der Waals surface area contributed by atoms with E-state index in [1.54, 1.807) is 25.3 Å². The molecule has 0 radical (unpaired) electrons. The van der Waals surface area contributed by atoms with Gasteiger partial charge in [-0.2, -0.15) is 5.10 Å². The molecule has 0 spiro atoms. The Hall–Kier alpha value is -2.49. The highest BCUT2D eigenvalue weighted by Gasteiger charge is 2.30. The molecule has 0 aliphatic carbocycles. The summed E-state index contributed by atoms with van der Waals surface area (Å²) in [6.45, 7) is 5.87. The predicted octanol–water partition coefficient (Wildman–Crippen LogP) is 2.58. The smallest absolute Gasteiger partial charge is 0.287 e. The molecule has 3 aromatic heterocycles. The maximum atomic E-state index is 12.8. The molecule has 9 nitrogen and oxygen atoms in total. The van der Waals surface area contributed by atoms with Gasteiger partial charge in [0.2, 0.25) is 0 Å². The summed E-state index contributed by atoms with van der Waals surface area (Å²) in [6, 6.07) is 3.29. The van der Waals surface area contributed by atoms with Gasteiger partial charge in [0.25, 0.3) is 5.56 Å². The van der Waals surface area contributed by atoms with Crippen LogP contribution < -0.4 is 10.5 Å². The molecule has 0 bridgehead atoms. The van der Waals surface area contributed by atoms with Crippen LogP contribution in [-0.2, 0) is 11.3 Å². The van der Waals surface area contributed by atoms with Crippen molar-refractivity contribution in [2.75, 3.05) is 24.6 Å². The van der Waals surface area contributed by atoms with Crippen LogP contribution in [0.2, 0.25) is 10.2 Å². The fraction of sp³-hybridized carbons (Fsp3) is 0.389. The summed E-state index contributed by atoms with van der Waals surface area (Å²) >= 11 is 12.1. The number of rotatable bonds is 6. The summed E-state index contributed by atoms with van der Waals surface area (Å²) < 4.78 is 12.1. The van der Waals surface area contributed by atoms with Crippen molar-refractivity contribution < 1.29 is 9.26 Å². The number of aromatic nitrogens is 5. The van der Waals surface area contributed by atoms with Crippen molar-refractivity contribution in [1.82, 2.24) is 25.1 Å². The van der Waals surface area contributed by atoms with Gasteiger partial charge in [-0.25, -0.2) is 4.68 Å². The van der Waals surface area contributed by atoms with Crippen molar-refractivity contribution in [3.05, 3.63) is 50.2 Å². The lowest BCUT2D eigenvalue weighted by molar-refractivity contribution is 0.0430. The molecule has 0 atom stereocenters. The Balaban J connectivity index is 1.60. The molecule has 1 saturated heterocycles. The van der Waals surface area contributed by atoms with E-state index < -0.39 is 5.56 Å². The van der Waals surface area contributed by atoms with E-state index in [9.17, 15) is 4.79 Å². The van der Waals surface area contributed by atoms with Crippen LogP contribution in [-0.4, -0.2) is 50.9 Å². The topological polar surface area (TPSA) is 99.2 Å². The third-order valence-corrected chi connectivity index (χ3v) is 5.28. The molecule has 0 N–H and O–H groups in total. The first kappa shape index (κ1) is 19.8. The van der Waals surface area contributed by atoms with Gasteiger partial charge in [-0.1, -0.05) is 28.4 Å². The molecule has 0 saturated carbocycles. The molecule has 0 unspecified atom stereocenters. The Labute approximate surface area is 176 Å². The molecule has 4 heterocycles. The second kappa shape index (κ2) is 8.10. The molecule has 0 aromatic carbocycles. The largest absolute Gasteiger partial charge is 0.375 e.